The summed E-state index contributed by atoms with van der Waals surface area (Å²) in [5.41, 5.74) is 0. The second kappa shape index (κ2) is 7.73. The summed E-state index contributed by atoms with van der Waals surface area (Å²) in [6, 6.07) is 0.569. The molecule has 0 radical (unpaired) electrons. The maximum absolute atomic E-state index is 5.87. The van der Waals surface area contributed by atoms with Gasteiger partial charge in [-0.2, -0.15) is 4.98 Å². The van der Waals surface area contributed by atoms with Crippen molar-refractivity contribution in [2.24, 2.45) is 0 Å². The highest BCUT2D eigenvalue weighted by Crippen LogP contribution is 2.20. The van der Waals surface area contributed by atoms with Gasteiger partial charge in [-0.05, 0) is 39.3 Å². The molecule has 23 heavy (non-hydrogen) atoms. The minimum atomic E-state index is 0.291. The Labute approximate surface area is 139 Å². The van der Waals surface area contributed by atoms with Crippen molar-refractivity contribution in [1.82, 2.24) is 19.9 Å². The fourth-order valence-corrected chi connectivity index (χ4v) is 3.50. The van der Waals surface area contributed by atoms with E-state index in [4.69, 9.17) is 9.26 Å². The van der Waals surface area contributed by atoms with E-state index in [0.717, 1.165) is 38.0 Å². The van der Waals surface area contributed by atoms with E-state index in [0.29, 0.717) is 18.1 Å². The Bertz CT molecular complexity index is 485. The molecule has 3 rings (SSSR count). The van der Waals surface area contributed by atoms with Crippen LogP contribution in [0.2, 0.25) is 0 Å². The second-order valence-corrected chi connectivity index (χ2v) is 7.31. The lowest BCUT2D eigenvalue weighted by Gasteiger charge is -2.28. The average Bonchev–Trinajstić information content (AvgIpc) is 3.18. The molecule has 0 aromatic carbocycles. The molecule has 2 aliphatic rings. The largest absolute Gasteiger partial charge is 0.377 e. The molecule has 6 heteroatoms. The van der Waals surface area contributed by atoms with Gasteiger partial charge in [0.2, 0.25) is 5.89 Å². The molecule has 1 aromatic heterocycles. The third-order valence-corrected chi connectivity index (χ3v) is 4.98. The molecule has 2 aliphatic heterocycles. The van der Waals surface area contributed by atoms with Gasteiger partial charge in [0, 0.05) is 31.7 Å². The first kappa shape index (κ1) is 16.9. The van der Waals surface area contributed by atoms with E-state index in [1.807, 2.05) is 0 Å². The van der Waals surface area contributed by atoms with E-state index >= 15 is 0 Å². The van der Waals surface area contributed by atoms with Crippen molar-refractivity contribution >= 4 is 0 Å². The number of rotatable bonds is 6. The van der Waals surface area contributed by atoms with Gasteiger partial charge < -0.3 is 9.26 Å². The molecular formula is C17H30N4O2. The van der Waals surface area contributed by atoms with Crippen LogP contribution in [0.3, 0.4) is 0 Å². The third kappa shape index (κ3) is 4.52. The maximum Gasteiger partial charge on any atom is 0.229 e. The monoisotopic (exact) mass is 322 g/mol. The minimum absolute atomic E-state index is 0.291. The van der Waals surface area contributed by atoms with Crippen molar-refractivity contribution in [2.45, 2.75) is 64.1 Å². The Morgan fingerprint density at radius 1 is 1.30 bits per heavy atom. The number of ether oxygens (including phenoxy) is 1. The Kier molecular flexibility index (Phi) is 5.67. The van der Waals surface area contributed by atoms with Crippen LogP contribution in [0.15, 0.2) is 4.52 Å². The number of likely N-dealkylation sites (N-methyl/N-ethyl adjacent to an activating group) is 1. The molecule has 2 fully saturated rings. The summed E-state index contributed by atoms with van der Waals surface area (Å²) in [4.78, 5) is 9.39. The summed E-state index contributed by atoms with van der Waals surface area (Å²) in [6.45, 7) is 9.21. The molecule has 1 aromatic rings. The van der Waals surface area contributed by atoms with Crippen LogP contribution in [0, 0.1) is 0 Å². The van der Waals surface area contributed by atoms with E-state index in [2.05, 4.69) is 40.8 Å². The number of nitrogens with zero attached hydrogens (tertiary/aromatic N) is 4. The summed E-state index contributed by atoms with van der Waals surface area (Å²) in [5.74, 6) is 1.82. The van der Waals surface area contributed by atoms with Gasteiger partial charge in [0.05, 0.1) is 12.6 Å². The van der Waals surface area contributed by atoms with Crippen molar-refractivity contribution in [3.8, 4) is 0 Å². The van der Waals surface area contributed by atoms with Crippen LogP contribution in [0.25, 0.3) is 0 Å². The molecular weight excluding hydrogens is 292 g/mol. The fraction of sp³-hybridized carbons (Fsp3) is 0.882. The van der Waals surface area contributed by atoms with E-state index in [1.54, 1.807) is 0 Å². The Hall–Kier alpha value is -0.980. The fourth-order valence-electron chi connectivity index (χ4n) is 3.50. The standard InChI is InChI=1S/C17H30N4O2/c1-13(2)17-18-16(19-23-17)12-20(3)14-7-8-21(10-14)11-15-6-4-5-9-22-15/h13-15H,4-12H2,1-3H3/t14-,15+/m1/s1. The maximum atomic E-state index is 5.87. The zero-order chi connectivity index (χ0) is 16.2. The van der Waals surface area contributed by atoms with Gasteiger partial charge in [-0.25, -0.2) is 0 Å². The summed E-state index contributed by atoms with van der Waals surface area (Å²) < 4.78 is 11.2. The predicted molar refractivity (Wildman–Crippen MR) is 88.3 cm³/mol. The molecule has 0 saturated carbocycles. The van der Waals surface area contributed by atoms with Crippen molar-refractivity contribution in [3.05, 3.63) is 11.7 Å². The van der Waals surface area contributed by atoms with Crippen molar-refractivity contribution in [1.29, 1.82) is 0 Å². The van der Waals surface area contributed by atoms with E-state index in [1.165, 1.54) is 32.2 Å². The van der Waals surface area contributed by atoms with Gasteiger partial charge in [-0.1, -0.05) is 19.0 Å². The molecule has 0 amide bonds. The molecule has 2 atom stereocenters. The predicted octanol–water partition coefficient (Wildman–Crippen LogP) is 2.27. The van der Waals surface area contributed by atoms with Crippen LogP contribution in [-0.4, -0.2) is 65.4 Å². The van der Waals surface area contributed by atoms with Gasteiger partial charge in [0.1, 0.15) is 0 Å². The first-order valence-corrected chi connectivity index (χ1v) is 8.98. The molecule has 3 heterocycles. The molecule has 0 aliphatic carbocycles. The van der Waals surface area contributed by atoms with E-state index in [9.17, 15) is 0 Å². The van der Waals surface area contributed by atoms with Crippen LogP contribution >= 0.6 is 0 Å². The average molecular weight is 322 g/mol. The van der Waals surface area contributed by atoms with E-state index < -0.39 is 0 Å². The number of hydrogen-bond acceptors (Lipinski definition) is 6. The topological polar surface area (TPSA) is 54.6 Å². The van der Waals surface area contributed by atoms with Crippen molar-refractivity contribution in [3.63, 3.8) is 0 Å². The lowest BCUT2D eigenvalue weighted by atomic mass is 10.1. The first-order valence-electron chi connectivity index (χ1n) is 8.98. The first-order chi connectivity index (χ1) is 11.1. The minimum Gasteiger partial charge on any atom is -0.377 e. The third-order valence-electron chi connectivity index (χ3n) is 4.98. The highest BCUT2D eigenvalue weighted by atomic mass is 16.5. The molecule has 0 N–H and O–H groups in total. The van der Waals surface area contributed by atoms with Crippen LogP contribution in [0.4, 0.5) is 0 Å². The van der Waals surface area contributed by atoms with Crippen LogP contribution in [0.1, 0.15) is 57.2 Å². The Morgan fingerprint density at radius 3 is 2.87 bits per heavy atom. The molecule has 0 unspecified atom stereocenters. The van der Waals surface area contributed by atoms with Gasteiger partial charge in [-0.3, -0.25) is 9.80 Å². The molecule has 6 nitrogen and oxygen atoms in total. The number of hydrogen-bond donors (Lipinski definition) is 0. The lowest BCUT2D eigenvalue weighted by Crippen LogP contribution is -2.38. The zero-order valence-electron chi connectivity index (χ0n) is 14.7. The Balaban J connectivity index is 1.45. The highest BCUT2D eigenvalue weighted by molar-refractivity contribution is 4.92. The summed E-state index contributed by atoms with van der Waals surface area (Å²) in [5, 5.41) is 4.10. The lowest BCUT2D eigenvalue weighted by molar-refractivity contribution is -0.00281. The van der Waals surface area contributed by atoms with Gasteiger partial charge in [0.15, 0.2) is 5.82 Å². The smallest absolute Gasteiger partial charge is 0.229 e. The normalized spacial score (nSPS) is 26.5. The Morgan fingerprint density at radius 2 is 2.17 bits per heavy atom. The zero-order valence-corrected chi connectivity index (χ0v) is 14.7. The summed E-state index contributed by atoms with van der Waals surface area (Å²) in [6.07, 6.45) is 5.41. The second-order valence-electron chi connectivity index (χ2n) is 7.31. The molecule has 2 saturated heterocycles. The van der Waals surface area contributed by atoms with Crippen LogP contribution in [0.5, 0.6) is 0 Å². The molecule has 0 spiro atoms. The summed E-state index contributed by atoms with van der Waals surface area (Å²) >= 11 is 0. The highest BCUT2D eigenvalue weighted by Gasteiger charge is 2.28. The van der Waals surface area contributed by atoms with Crippen LogP contribution < -0.4 is 0 Å². The van der Waals surface area contributed by atoms with Gasteiger partial charge in [0.25, 0.3) is 0 Å². The molecule has 0 bridgehead atoms. The van der Waals surface area contributed by atoms with Crippen molar-refractivity contribution < 1.29 is 9.26 Å². The van der Waals surface area contributed by atoms with Gasteiger partial charge >= 0.3 is 0 Å². The number of likely N-dealkylation sites (tertiary alicyclic amines) is 1. The van der Waals surface area contributed by atoms with Gasteiger partial charge in [-0.15, -0.1) is 0 Å². The summed E-state index contributed by atoms with van der Waals surface area (Å²) in [7, 11) is 2.16. The van der Waals surface area contributed by atoms with E-state index in [-0.39, 0.29) is 0 Å². The quantitative estimate of drug-likeness (QED) is 0.801. The van der Waals surface area contributed by atoms with Crippen molar-refractivity contribution in [2.75, 3.05) is 33.3 Å². The molecule has 130 valence electrons. The van der Waals surface area contributed by atoms with Crippen LogP contribution in [-0.2, 0) is 11.3 Å². The number of aromatic nitrogens is 2. The SMILES string of the molecule is CC(C)c1nc(CN(C)[C@@H]2CCN(C[C@@H]3CCCCO3)C2)no1.